The van der Waals surface area contributed by atoms with Gasteiger partial charge >= 0.3 is 0 Å². The van der Waals surface area contributed by atoms with Crippen molar-refractivity contribution in [2.75, 3.05) is 13.1 Å². The van der Waals surface area contributed by atoms with Gasteiger partial charge in [0.25, 0.3) is 0 Å². The Labute approximate surface area is 113 Å². The lowest BCUT2D eigenvalue weighted by molar-refractivity contribution is 0.472. The maximum Gasteiger partial charge on any atom is 0.0410 e. The summed E-state index contributed by atoms with van der Waals surface area (Å²) in [6, 6.07) is 2.56. The average Bonchev–Trinajstić information content (AvgIpc) is 2.26. The number of hydrogen-bond donors (Lipinski definition) is 2. The van der Waals surface area contributed by atoms with Gasteiger partial charge in [-0.05, 0) is 46.9 Å². The zero-order valence-corrected chi connectivity index (χ0v) is 12.4. The predicted octanol–water partition coefficient (Wildman–Crippen LogP) is 2.57. The van der Waals surface area contributed by atoms with Crippen molar-refractivity contribution >= 4 is 15.9 Å². The van der Waals surface area contributed by atoms with Crippen LogP contribution in [0.25, 0.3) is 0 Å². The van der Waals surface area contributed by atoms with Crippen LogP contribution in [0, 0.1) is 5.92 Å². The third kappa shape index (κ3) is 6.76. The van der Waals surface area contributed by atoms with Gasteiger partial charge in [-0.1, -0.05) is 13.8 Å². The quantitative estimate of drug-likeness (QED) is 0.812. The van der Waals surface area contributed by atoms with Crippen LogP contribution < -0.4 is 10.6 Å². The van der Waals surface area contributed by atoms with Crippen molar-refractivity contribution in [2.45, 2.75) is 33.4 Å². The maximum absolute atomic E-state index is 4.15. The van der Waals surface area contributed by atoms with E-state index in [0.717, 1.165) is 24.1 Å². The van der Waals surface area contributed by atoms with E-state index in [4.69, 9.17) is 0 Å². The van der Waals surface area contributed by atoms with Crippen LogP contribution in [0.2, 0.25) is 0 Å². The molecule has 0 saturated carbocycles. The Balaban J connectivity index is 2.21. The van der Waals surface area contributed by atoms with Crippen LogP contribution in [-0.4, -0.2) is 24.1 Å². The first-order chi connectivity index (χ1) is 8.08. The van der Waals surface area contributed by atoms with Gasteiger partial charge < -0.3 is 10.6 Å². The summed E-state index contributed by atoms with van der Waals surface area (Å²) in [5.41, 5.74) is 1.20. The van der Waals surface area contributed by atoms with E-state index in [2.05, 4.69) is 58.4 Å². The Kier molecular flexibility index (Phi) is 6.70. The molecule has 0 aliphatic carbocycles. The summed E-state index contributed by atoms with van der Waals surface area (Å²) in [5.74, 6) is 0.705. The second kappa shape index (κ2) is 7.80. The largest absolute Gasteiger partial charge is 0.315 e. The fourth-order valence-corrected chi connectivity index (χ4v) is 1.92. The van der Waals surface area contributed by atoms with Crippen LogP contribution in [-0.2, 0) is 6.54 Å². The zero-order chi connectivity index (χ0) is 12.7. The number of halogens is 1. The second-order valence-electron chi connectivity index (χ2n) is 4.85. The Morgan fingerprint density at radius 1 is 1.24 bits per heavy atom. The highest BCUT2D eigenvalue weighted by Gasteiger charge is 2.02. The summed E-state index contributed by atoms with van der Waals surface area (Å²) in [7, 11) is 0. The van der Waals surface area contributed by atoms with E-state index >= 15 is 0 Å². The number of pyridine rings is 1. The molecule has 17 heavy (non-hydrogen) atoms. The molecule has 1 aromatic rings. The van der Waals surface area contributed by atoms with Gasteiger partial charge in [0.15, 0.2) is 0 Å². The van der Waals surface area contributed by atoms with Crippen molar-refractivity contribution < 1.29 is 0 Å². The maximum atomic E-state index is 4.15. The normalized spacial score (nSPS) is 13.0. The summed E-state index contributed by atoms with van der Waals surface area (Å²) in [6.07, 6.45) is 3.70. The minimum atomic E-state index is 0.465. The van der Waals surface area contributed by atoms with Crippen molar-refractivity contribution in [3.05, 3.63) is 28.5 Å². The van der Waals surface area contributed by atoms with E-state index < -0.39 is 0 Å². The van der Waals surface area contributed by atoms with Crippen molar-refractivity contribution in [3.63, 3.8) is 0 Å². The number of aromatic nitrogens is 1. The van der Waals surface area contributed by atoms with Gasteiger partial charge in [0.1, 0.15) is 0 Å². The molecule has 4 heteroatoms. The molecule has 3 nitrogen and oxygen atoms in total. The molecule has 1 rings (SSSR count). The first-order valence-corrected chi connectivity index (χ1v) is 6.90. The predicted molar refractivity (Wildman–Crippen MR) is 75.9 cm³/mol. The molecule has 0 aliphatic rings. The van der Waals surface area contributed by atoms with Gasteiger partial charge in [0, 0.05) is 36.0 Å². The zero-order valence-electron chi connectivity index (χ0n) is 10.8. The Bertz CT molecular complexity index is 328. The van der Waals surface area contributed by atoms with Crippen LogP contribution >= 0.6 is 15.9 Å². The lowest BCUT2D eigenvalue weighted by atomic mass is 10.2. The molecule has 0 bridgehead atoms. The Morgan fingerprint density at radius 3 is 2.65 bits per heavy atom. The van der Waals surface area contributed by atoms with E-state index in [-0.39, 0.29) is 0 Å². The highest BCUT2D eigenvalue weighted by Crippen LogP contribution is 2.09. The van der Waals surface area contributed by atoms with Gasteiger partial charge in [0.2, 0.25) is 0 Å². The third-order valence-corrected chi connectivity index (χ3v) is 2.85. The van der Waals surface area contributed by atoms with Crippen molar-refractivity contribution in [3.8, 4) is 0 Å². The molecular weight excluding hydrogens is 278 g/mol. The van der Waals surface area contributed by atoms with Crippen LogP contribution in [0.5, 0.6) is 0 Å². The molecule has 1 heterocycles. The highest BCUT2D eigenvalue weighted by atomic mass is 79.9. The summed E-state index contributed by atoms with van der Waals surface area (Å²) in [5, 5.41) is 6.92. The van der Waals surface area contributed by atoms with Gasteiger partial charge in [-0.2, -0.15) is 0 Å². The van der Waals surface area contributed by atoms with Crippen molar-refractivity contribution in [2.24, 2.45) is 5.92 Å². The monoisotopic (exact) mass is 299 g/mol. The number of nitrogens with zero attached hydrogens (tertiary/aromatic N) is 1. The van der Waals surface area contributed by atoms with E-state index in [9.17, 15) is 0 Å². The fourth-order valence-electron chi connectivity index (χ4n) is 1.51. The standard InChI is InChI=1S/C13H22BrN3/c1-10(2)5-15-6-11(3)17-8-12-4-13(14)9-16-7-12/h4,7,9-11,15,17H,5-6,8H2,1-3H3. The molecule has 0 radical (unpaired) electrons. The topological polar surface area (TPSA) is 37.0 Å². The van der Waals surface area contributed by atoms with Crippen LogP contribution in [0.3, 0.4) is 0 Å². The molecule has 0 aliphatic heterocycles. The Morgan fingerprint density at radius 2 is 2.00 bits per heavy atom. The summed E-state index contributed by atoms with van der Waals surface area (Å²) < 4.78 is 1.03. The lowest BCUT2D eigenvalue weighted by Crippen LogP contribution is -2.37. The molecule has 0 spiro atoms. The number of hydrogen-bond acceptors (Lipinski definition) is 3. The van der Waals surface area contributed by atoms with Crippen LogP contribution in [0.1, 0.15) is 26.3 Å². The van der Waals surface area contributed by atoms with E-state index in [1.54, 1.807) is 6.20 Å². The molecule has 0 saturated heterocycles. The Hall–Kier alpha value is -0.450. The molecule has 96 valence electrons. The molecule has 0 amide bonds. The highest BCUT2D eigenvalue weighted by molar-refractivity contribution is 9.10. The first-order valence-electron chi connectivity index (χ1n) is 6.11. The smallest absolute Gasteiger partial charge is 0.0410 e. The number of nitrogens with one attached hydrogen (secondary N) is 2. The van der Waals surface area contributed by atoms with Crippen molar-refractivity contribution in [1.29, 1.82) is 0 Å². The minimum Gasteiger partial charge on any atom is -0.315 e. The van der Waals surface area contributed by atoms with Crippen LogP contribution in [0.4, 0.5) is 0 Å². The molecule has 2 N–H and O–H groups in total. The molecule has 0 fully saturated rings. The van der Waals surface area contributed by atoms with Crippen LogP contribution in [0.15, 0.2) is 22.9 Å². The SMILES string of the molecule is CC(C)CNCC(C)NCc1cncc(Br)c1. The van der Waals surface area contributed by atoms with Gasteiger partial charge in [-0.15, -0.1) is 0 Å². The molecule has 1 aromatic heterocycles. The molecular formula is C13H22BrN3. The second-order valence-corrected chi connectivity index (χ2v) is 5.76. The van der Waals surface area contributed by atoms with E-state index in [0.29, 0.717) is 12.0 Å². The van der Waals surface area contributed by atoms with Gasteiger partial charge in [0.05, 0.1) is 0 Å². The van der Waals surface area contributed by atoms with E-state index in [1.807, 2.05) is 6.20 Å². The van der Waals surface area contributed by atoms with Gasteiger partial charge in [-0.3, -0.25) is 4.98 Å². The lowest BCUT2D eigenvalue weighted by Gasteiger charge is -2.15. The van der Waals surface area contributed by atoms with Gasteiger partial charge in [-0.25, -0.2) is 0 Å². The molecule has 1 atom stereocenters. The fraction of sp³-hybridized carbons (Fsp3) is 0.615. The summed E-state index contributed by atoms with van der Waals surface area (Å²) in [4.78, 5) is 4.15. The first kappa shape index (κ1) is 14.6. The average molecular weight is 300 g/mol. The summed E-state index contributed by atoms with van der Waals surface area (Å²) in [6.45, 7) is 9.57. The number of rotatable bonds is 7. The summed E-state index contributed by atoms with van der Waals surface area (Å²) >= 11 is 3.42. The molecule has 1 unspecified atom stereocenters. The molecule has 0 aromatic carbocycles. The van der Waals surface area contributed by atoms with E-state index in [1.165, 1.54) is 5.56 Å². The van der Waals surface area contributed by atoms with Crippen molar-refractivity contribution in [1.82, 2.24) is 15.6 Å². The minimum absolute atomic E-state index is 0.465. The third-order valence-electron chi connectivity index (χ3n) is 2.42.